The minimum absolute atomic E-state index is 0.522. The second-order valence-electron chi connectivity index (χ2n) is 5.37. The molecule has 1 aromatic carbocycles. The van der Waals surface area contributed by atoms with Crippen molar-refractivity contribution in [3.8, 4) is 0 Å². The Kier molecular flexibility index (Phi) is 4.31. The predicted octanol–water partition coefficient (Wildman–Crippen LogP) is 1.77. The highest BCUT2D eigenvalue weighted by Crippen LogP contribution is 2.19. The zero-order valence-electron chi connectivity index (χ0n) is 12.2. The van der Waals surface area contributed by atoms with Crippen molar-refractivity contribution in [2.75, 3.05) is 36.8 Å². The lowest BCUT2D eigenvalue weighted by molar-refractivity contribution is 0.285. The van der Waals surface area contributed by atoms with E-state index >= 15 is 0 Å². The SMILES string of the molecule is Nc1nccnc1N1CCCN(Cc2ccccc2)CC1. The number of nitrogens with zero attached hydrogens (tertiary/aromatic N) is 4. The number of benzene rings is 1. The van der Waals surface area contributed by atoms with E-state index in [0.29, 0.717) is 5.82 Å². The van der Waals surface area contributed by atoms with E-state index in [1.165, 1.54) is 5.56 Å². The first-order valence-corrected chi connectivity index (χ1v) is 7.40. The van der Waals surface area contributed by atoms with E-state index in [4.69, 9.17) is 5.73 Å². The third-order valence-electron chi connectivity index (χ3n) is 3.84. The molecule has 0 spiro atoms. The Morgan fingerprint density at radius 3 is 2.57 bits per heavy atom. The van der Waals surface area contributed by atoms with Gasteiger partial charge in [0.2, 0.25) is 0 Å². The molecule has 0 radical (unpaired) electrons. The molecular weight excluding hydrogens is 262 g/mol. The van der Waals surface area contributed by atoms with E-state index < -0.39 is 0 Å². The van der Waals surface area contributed by atoms with Gasteiger partial charge in [-0.05, 0) is 12.0 Å². The van der Waals surface area contributed by atoms with Gasteiger partial charge in [-0.25, -0.2) is 9.97 Å². The zero-order chi connectivity index (χ0) is 14.5. The zero-order valence-corrected chi connectivity index (χ0v) is 12.2. The van der Waals surface area contributed by atoms with E-state index in [2.05, 4.69) is 50.1 Å². The first kappa shape index (κ1) is 13.8. The molecule has 1 aliphatic rings. The predicted molar refractivity (Wildman–Crippen MR) is 85.0 cm³/mol. The summed E-state index contributed by atoms with van der Waals surface area (Å²) in [7, 11) is 0. The molecule has 110 valence electrons. The lowest BCUT2D eigenvalue weighted by Gasteiger charge is -2.23. The van der Waals surface area contributed by atoms with E-state index in [9.17, 15) is 0 Å². The number of anilines is 2. The summed E-state index contributed by atoms with van der Waals surface area (Å²) in [5.41, 5.74) is 7.30. The van der Waals surface area contributed by atoms with Crippen molar-refractivity contribution in [1.29, 1.82) is 0 Å². The Morgan fingerprint density at radius 1 is 0.952 bits per heavy atom. The Hall–Kier alpha value is -2.14. The average Bonchev–Trinajstić information content (AvgIpc) is 2.74. The Balaban J connectivity index is 1.63. The summed E-state index contributed by atoms with van der Waals surface area (Å²) in [4.78, 5) is 13.2. The maximum atomic E-state index is 5.93. The van der Waals surface area contributed by atoms with Crippen LogP contribution in [0.1, 0.15) is 12.0 Å². The molecule has 0 aliphatic carbocycles. The summed E-state index contributed by atoms with van der Waals surface area (Å²) in [5.74, 6) is 1.34. The van der Waals surface area contributed by atoms with Crippen LogP contribution in [-0.2, 0) is 6.54 Å². The summed E-state index contributed by atoms with van der Waals surface area (Å²) in [5, 5.41) is 0. The van der Waals surface area contributed by atoms with Crippen LogP contribution in [0, 0.1) is 0 Å². The fourth-order valence-electron chi connectivity index (χ4n) is 2.77. The molecule has 21 heavy (non-hydrogen) atoms. The van der Waals surface area contributed by atoms with Gasteiger partial charge in [0.1, 0.15) is 0 Å². The molecule has 5 nitrogen and oxygen atoms in total. The highest BCUT2D eigenvalue weighted by atomic mass is 15.3. The van der Waals surface area contributed by atoms with Crippen molar-refractivity contribution in [2.24, 2.45) is 0 Å². The van der Waals surface area contributed by atoms with E-state index in [1.54, 1.807) is 12.4 Å². The number of nitrogen functional groups attached to an aromatic ring is 1. The summed E-state index contributed by atoms with van der Waals surface area (Å²) in [6.07, 6.45) is 4.46. The van der Waals surface area contributed by atoms with E-state index in [-0.39, 0.29) is 0 Å². The minimum Gasteiger partial charge on any atom is -0.381 e. The van der Waals surface area contributed by atoms with Crippen LogP contribution >= 0.6 is 0 Å². The van der Waals surface area contributed by atoms with Gasteiger partial charge in [0.25, 0.3) is 0 Å². The van der Waals surface area contributed by atoms with Gasteiger partial charge >= 0.3 is 0 Å². The molecule has 2 aromatic rings. The van der Waals surface area contributed by atoms with Gasteiger partial charge < -0.3 is 10.6 Å². The van der Waals surface area contributed by atoms with Crippen LogP contribution < -0.4 is 10.6 Å². The normalized spacial score (nSPS) is 16.7. The Labute approximate surface area is 125 Å². The molecule has 0 saturated carbocycles. The van der Waals surface area contributed by atoms with Crippen LogP contribution in [0.15, 0.2) is 42.7 Å². The van der Waals surface area contributed by atoms with Crippen LogP contribution in [0.2, 0.25) is 0 Å². The third kappa shape index (κ3) is 3.49. The lowest BCUT2D eigenvalue weighted by Crippen LogP contribution is -2.31. The molecule has 0 unspecified atom stereocenters. The average molecular weight is 283 g/mol. The number of nitrogens with two attached hydrogens (primary N) is 1. The van der Waals surface area contributed by atoms with E-state index in [0.717, 1.165) is 45.0 Å². The second-order valence-corrected chi connectivity index (χ2v) is 5.37. The Morgan fingerprint density at radius 2 is 1.76 bits per heavy atom. The molecule has 1 aromatic heterocycles. The van der Waals surface area contributed by atoms with Crippen LogP contribution in [0.25, 0.3) is 0 Å². The minimum atomic E-state index is 0.522. The summed E-state index contributed by atoms with van der Waals surface area (Å²) >= 11 is 0. The van der Waals surface area contributed by atoms with Crippen molar-refractivity contribution >= 4 is 11.6 Å². The van der Waals surface area contributed by atoms with Crippen molar-refractivity contribution in [2.45, 2.75) is 13.0 Å². The smallest absolute Gasteiger partial charge is 0.171 e. The number of hydrogen-bond acceptors (Lipinski definition) is 5. The fraction of sp³-hybridized carbons (Fsp3) is 0.375. The summed E-state index contributed by atoms with van der Waals surface area (Å²) in [6, 6.07) is 10.6. The van der Waals surface area contributed by atoms with Crippen LogP contribution in [-0.4, -0.2) is 41.0 Å². The Bertz CT molecular complexity index is 572. The van der Waals surface area contributed by atoms with Crippen molar-refractivity contribution in [3.05, 3.63) is 48.3 Å². The van der Waals surface area contributed by atoms with Gasteiger partial charge in [0.15, 0.2) is 11.6 Å². The molecule has 5 heteroatoms. The molecule has 3 rings (SSSR count). The molecular formula is C16H21N5. The molecule has 0 bridgehead atoms. The molecule has 1 saturated heterocycles. The fourth-order valence-corrected chi connectivity index (χ4v) is 2.77. The third-order valence-corrected chi connectivity index (χ3v) is 3.84. The van der Waals surface area contributed by atoms with Crippen LogP contribution in [0.5, 0.6) is 0 Å². The molecule has 0 amide bonds. The van der Waals surface area contributed by atoms with E-state index in [1.807, 2.05) is 0 Å². The maximum absolute atomic E-state index is 5.93. The first-order chi connectivity index (χ1) is 10.3. The quantitative estimate of drug-likeness (QED) is 0.930. The van der Waals surface area contributed by atoms with Gasteiger partial charge in [0, 0.05) is 45.1 Å². The summed E-state index contributed by atoms with van der Waals surface area (Å²) < 4.78 is 0. The number of hydrogen-bond donors (Lipinski definition) is 1. The highest BCUT2D eigenvalue weighted by molar-refractivity contribution is 5.57. The van der Waals surface area contributed by atoms with Crippen molar-refractivity contribution in [1.82, 2.24) is 14.9 Å². The van der Waals surface area contributed by atoms with Crippen molar-refractivity contribution < 1.29 is 0 Å². The molecule has 2 heterocycles. The molecule has 2 N–H and O–H groups in total. The van der Waals surface area contributed by atoms with Crippen LogP contribution in [0.4, 0.5) is 11.6 Å². The summed E-state index contributed by atoms with van der Waals surface area (Å²) in [6.45, 7) is 5.05. The second kappa shape index (κ2) is 6.54. The van der Waals surface area contributed by atoms with Gasteiger partial charge in [-0.1, -0.05) is 30.3 Å². The van der Waals surface area contributed by atoms with Crippen molar-refractivity contribution in [3.63, 3.8) is 0 Å². The largest absolute Gasteiger partial charge is 0.381 e. The highest BCUT2D eigenvalue weighted by Gasteiger charge is 2.18. The lowest BCUT2D eigenvalue weighted by atomic mass is 10.2. The molecule has 1 fully saturated rings. The molecule has 0 atom stereocenters. The topological polar surface area (TPSA) is 58.3 Å². The molecule has 1 aliphatic heterocycles. The van der Waals surface area contributed by atoms with Gasteiger partial charge in [0.05, 0.1) is 0 Å². The standard InChI is InChI=1S/C16H21N5/c17-15-16(19-8-7-18-15)21-10-4-9-20(11-12-21)13-14-5-2-1-3-6-14/h1-3,5-8H,4,9-13H2,(H2,17,18). The number of aromatic nitrogens is 2. The van der Waals surface area contributed by atoms with Gasteiger partial charge in [-0.3, -0.25) is 4.90 Å². The van der Waals surface area contributed by atoms with Gasteiger partial charge in [-0.15, -0.1) is 0 Å². The monoisotopic (exact) mass is 283 g/mol. The maximum Gasteiger partial charge on any atom is 0.171 e. The first-order valence-electron chi connectivity index (χ1n) is 7.40. The number of rotatable bonds is 3. The van der Waals surface area contributed by atoms with Crippen LogP contribution in [0.3, 0.4) is 0 Å². The van der Waals surface area contributed by atoms with Gasteiger partial charge in [-0.2, -0.15) is 0 Å².